The molecule has 1 aromatic carbocycles. The molecule has 2 aliphatic rings. The smallest absolute Gasteiger partial charge is 0.401 e. The van der Waals surface area contributed by atoms with Crippen LogP contribution >= 0.6 is 0 Å². The minimum absolute atomic E-state index is 0.339. The number of nitrogens with zero attached hydrogens (tertiary/aromatic N) is 1. The summed E-state index contributed by atoms with van der Waals surface area (Å²) in [6.07, 6.45) is -0.329. The number of aliphatic hydroxyl groups excluding tert-OH is 1. The molecule has 1 saturated heterocycles. The highest BCUT2D eigenvalue weighted by molar-refractivity contribution is 6.03. The molecule has 1 saturated carbocycles. The summed E-state index contributed by atoms with van der Waals surface area (Å²) in [4.78, 5) is 16.6. The molecule has 0 bridgehead atoms. The zero-order valence-corrected chi connectivity index (χ0v) is 18.1. The normalized spacial score (nSPS) is 24.6. The highest BCUT2D eigenvalue weighted by Gasteiger charge is 2.43. The molecule has 32 heavy (non-hydrogen) atoms. The largest absolute Gasteiger partial charge is 0.494 e. The summed E-state index contributed by atoms with van der Waals surface area (Å²) < 4.78 is 43.8. The second-order valence-corrected chi connectivity index (χ2v) is 9.13. The minimum Gasteiger partial charge on any atom is -0.494 e. The molecular weight excluding hydrogens is 423 g/mol. The van der Waals surface area contributed by atoms with Gasteiger partial charge in [-0.25, -0.2) is 0 Å². The fourth-order valence-corrected chi connectivity index (χ4v) is 5.18. The van der Waals surface area contributed by atoms with E-state index in [4.69, 9.17) is 4.74 Å². The maximum atomic E-state index is 12.6. The lowest BCUT2D eigenvalue weighted by atomic mass is 10.0. The third-order valence-electron chi connectivity index (χ3n) is 6.72. The first-order valence-electron chi connectivity index (χ1n) is 11.2. The number of halogens is 3. The lowest BCUT2D eigenvalue weighted by Crippen LogP contribution is -2.33. The van der Waals surface area contributed by atoms with Crippen LogP contribution in [0.2, 0.25) is 0 Å². The zero-order valence-electron chi connectivity index (χ0n) is 18.1. The fraction of sp³-hybridized carbons (Fsp3) is 0.609. The van der Waals surface area contributed by atoms with Crippen molar-refractivity contribution in [1.82, 2.24) is 9.88 Å². The van der Waals surface area contributed by atoms with Crippen molar-refractivity contribution in [2.45, 2.75) is 44.9 Å². The van der Waals surface area contributed by atoms with Crippen LogP contribution in [0.5, 0.6) is 5.75 Å². The summed E-state index contributed by atoms with van der Waals surface area (Å²) in [5.41, 5.74) is 1.45. The lowest BCUT2D eigenvalue weighted by molar-refractivity contribution is -0.144. The van der Waals surface area contributed by atoms with Gasteiger partial charge in [-0.2, -0.15) is 13.2 Å². The van der Waals surface area contributed by atoms with Gasteiger partial charge in [0.1, 0.15) is 11.9 Å². The number of likely N-dealkylation sites (tertiary alicyclic amines) is 1. The summed E-state index contributed by atoms with van der Waals surface area (Å²) in [6.45, 7) is 2.58. The van der Waals surface area contributed by atoms with E-state index in [-0.39, 0.29) is 0 Å². The maximum Gasteiger partial charge on any atom is 0.401 e. The number of nitrogens with one attached hydrogen (secondary N) is 2. The molecule has 1 amide bonds. The standard InChI is InChI=1S/C23H30F3N3O3/c1-2-21(30)22(31)28-20-10-27-19-4-3-17(9-18(19)20)32-6-5-14-7-15-11-29(12-16(15)8-14)13-23(24,25)26/h3-4,9-10,14-16,21,27,30H,2,5-8,11-13H2,1H3,(H,28,31)/t14-,15-,16+,21-/m0/s1. The number of rotatable bonds is 8. The van der Waals surface area contributed by atoms with Crippen molar-refractivity contribution in [3.8, 4) is 5.75 Å². The van der Waals surface area contributed by atoms with Crippen LogP contribution in [0.1, 0.15) is 32.6 Å². The number of anilines is 1. The van der Waals surface area contributed by atoms with Crippen molar-refractivity contribution in [3.05, 3.63) is 24.4 Å². The molecular formula is C23H30F3N3O3. The third kappa shape index (κ3) is 5.38. The highest BCUT2D eigenvalue weighted by Crippen LogP contribution is 2.43. The minimum atomic E-state index is -4.12. The molecule has 0 unspecified atom stereocenters. The van der Waals surface area contributed by atoms with Crippen LogP contribution in [0.25, 0.3) is 10.9 Å². The number of aliphatic hydroxyl groups is 1. The van der Waals surface area contributed by atoms with Crippen molar-refractivity contribution in [3.63, 3.8) is 0 Å². The van der Waals surface area contributed by atoms with Gasteiger partial charge in [0, 0.05) is 30.2 Å². The Bertz CT molecular complexity index is 931. The molecule has 0 spiro atoms. The maximum absolute atomic E-state index is 12.6. The van der Waals surface area contributed by atoms with Gasteiger partial charge in [0.15, 0.2) is 0 Å². The Labute approximate surface area is 185 Å². The monoisotopic (exact) mass is 453 g/mol. The first kappa shape index (κ1) is 22.9. The van der Waals surface area contributed by atoms with Crippen LogP contribution in [-0.4, -0.2) is 59.4 Å². The van der Waals surface area contributed by atoms with E-state index in [0.717, 1.165) is 30.2 Å². The predicted octanol–water partition coefficient (Wildman–Crippen LogP) is 4.17. The van der Waals surface area contributed by atoms with Crippen molar-refractivity contribution in [2.75, 3.05) is 31.6 Å². The van der Waals surface area contributed by atoms with Gasteiger partial charge in [0.25, 0.3) is 5.91 Å². The van der Waals surface area contributed by atoms with Gasteiger partial charge < -0.3 is 20.1 Å². The van der Waals surface area contributed by atoms with Crippen LogP contribution < -0.4 is 10.1 Å². The molecule has 1 aromatic heterocycles. The van der Waals surface area contributed by atoms with E-state index < -0.39 is 24.7 Å². The molecule has 1 aliphatic heterocycles. The number of aromatic nitrogens is 1. The quantitative estimate of drug-likeness (QED) is 0.561. The Morgan fingerprint density at radius 3 is 2.69 bits per heavy atom. The van der Waals surface area contributed by atoms with E-state index in [2.05, 4.69) is 10.3 Å². The molecule has 2 fully saturated rings. The van der Waals surface area contributed by atoms with Gasteiger partial charge in [-0.3, -0.25) is 9.69 Å². The SMILES string of the molecule is CC[C@H](O)C(=O)Nc1c[nH]c2ccc(OCC[C@@H]3C[C@@H]4CN(CC(F)(F)F)C[C@@H]4C3)cc12. The third-order valence-corrected chi connectivity index (χ3v) is 6.72. The second kappa shape index (κ2) is 9.31. The Hall–Kier alpha value is -2.26. The molecule has 2 aromatic rings. The Balaban J connectivity index is 1.27. The summed E-state index contributed by atoms with van der Waals surface area (Å²) >= 11 is 0. The van der Waals surface area contributed by atoms with Crippen molar-refractivity contribution >= 4 is 22.5 Å². The number of hydrogen-bond acceptors (Lipinski definition) is 4. The molecule has 2 heterocycles. The summed E-state index contributed by atoms with van der Waals surface area (Å²) in [5, 5.41) is 13.2. The molecule has 6 nitrogen and oxygen atoms in total. The Morgan fingerprint density at radius 1 is 1.31 bits per heavy atom. The molecule has 9 heteroatoms. The number of hydrogen-bond donors (Lipinski definition) is 3. The van der Waals surface area contributed by atoms with Gasteiger partial charge in [0.05, 0.1) is 18.8 Å². The summed E-state index contributed by atoms with van der Waals surface area (Å²) in [7, 11) is 0. The molecule has 4 rings (SSSR count). The van der Waals surface area contributed by atoms with Gasteiger partial charge in [-0.1, -0.05) is 6.92 Å². The number of fused-ring (bicyclic) bond motifs is 2. The molecule has 1 aliphatic carbocycles. The molecule has 0 radical (unpaired) electrons. The molecule has 3 N–H and O–H groups in total. The Morgan fingerprint density at radius 2 is 2.03 bits per heavy atom. The first-order valence-corrected chi connectivity index (χ1v) is 11.2. The van der Waals surface area contributed by atoms with E-state index in [0.29, 0.717) is 55.3 Å². The summed E-state index contributed by atoms with van der Waals surface area (Å²) in [5.74, 6) is 1.46. The average Bonchev–Trinajstić information content (AvgIpc) is 3.39. The van der Waals surface area contributed by atoms with Gasteiger partial charge >= 0.3 is 6.18 Å². The van der Waals surface area contributed by atoms with Crippen molar-refractivity contribution in [1.29, 1.82) is 0 Å². The Kier molecular flexibility index (Phi) is 6.67. The van der Waals surface area contributed by atoms with Gasteiger partial charge in [-0.05, 0) is 61.6 Å². The number of ether oxygens (including phenoxy) is 1. The van der Waals surface area contributed by atoms with E-state index in [1.807, 2.05) is 18.2 Å². The van der Waals surface area contributed by atoms with Crippen LogP contribution in [0, 0.1) is 17.8 Å². The van der Waals surface area contributed by atoms with E-state index in [1.54, 1.807) is 18.0 Å². The second-order valence-electron chi connectivity index (χ2n) is 9.13. The number of benzene rings is 1. The fourth-order valence-electron chi connectivity index (χ4n) is 5.18. The van der Waals surface area contributed by atoms with Crippen molar-refractivity contribution in [2.24, 2.45) is 17.8 Å². The number of alkyl halides is 3. The number of carbonyl (C=O) groups is 1. The lowest BCUT2D eigenvalue weighted by Gasteiger charge is -2.20. The van der Waals surface area contributed by atoms with Gasteiger partial charge in [0.2, 0.25) is 0 Å². The van der Waals surface area contributed by atoms with Gasteiger partial charge in [-0.15, -0.1) is 0 Å². The van der Waals surface area contributed by atoms with Crippen LogP contribution in [-0.2, 0) is 4.79 Å². The van der Waals surface area contributed by atoms with E-state index >= 15 is 0 Å². The predicted molar refractivity (Wildman–Crippen MR) is 116 cm³/mol. The average molecular weight is 454 g/mol. The first-order chi connectivity index (χ1) is 15.2. The topological polar surface area (TPSA) is 77.6 Å². The van der Waals surface area contributed by atoms with Crippen molar-refractivity contribution < 1.29 is 27.8 Å². The summed E-state index contributed by atoms with van der Waals surface area (Å²) in [6, 6.07) is 5.60. The number of aromatic amines is 1. The van der Waals surface area contributed by atoms with E-state index in [1.165, 1.54) is 0 Å². The van der Waals surface area contributed by atoms with Crippen LogP contribution in [0.4, 0.5) is 18.9 Å². The zero-order chi connectivity index (χ0) is 22.9. The number of carbonyl (C=O) groups excluding carboxylic acids is 1. The molecule has 4 atom stereocenters. The van der Waals surface area contributed by atoms with Crippen LogP contribution in [0.3, 0.4) is 0 Å². The van der Waals surface area contributed by atoms with Crippen LogP contribution in [0.15, 0.2) is 24.4 Å². The van der Waals surface area contributed by atoms with E-state index in [9.17, 15) is 23.1 Å². The highest BCUT2D eigenvalue weighted by atomic mass is 19.4. The molecule has 176 valence electrons. The number of amides is 1. The number of H-pyrrole nitrogens is 1.